The number of piperidine rings is 1. The Labute approximate surface area is 132 Å². The number of carbonyl (C=O) groups excluding carboxylic acids is 1. The highest BCUT2D eigenvalue weighted by molar-refractivity contribution is 5.68. The number of carbonyl (C=O) groups is 1. The third kappa shape index (κ3) is 5.32. The fraction of sp³-hybridized carbons (Fsp3) is 0.611. The van der Waals surface area contributed by atoms with Crippen LogP contribution in [-0.2, 0) is 11.2 Å². The van der Waals surface area contributed by atoms with Crippen LogP contribution in [-0.4, -0.2) is 29.7 Å². The quantitative estimate of drug-likeness (QED) is 0.828. The maximum absolute atomic E-state index is 13.2. The van der Waals surface area contributed by atoms with Gasteiger partial charge in [0.1, 0.15) is 11.4 Å². The van der Waals surface area contributed by atoms with E-state index in [1.807, 2.05) is 26.8 Å². The first kappa shape index (κ1) is 16.8. The van der Waals surface area contributed by atoms with Crippen molar-refractivity contribution in [2.45, 2.75) is 52.1 Å². The Kier molecular flexibility index (Phi) is 5.43. The van der Waals surface area contributed by atoms with Crippen LogP contribution in [0.3, 0.4) is 0 Å². The van der Waals surface area contributed by atoms with Gasteiger partial charge in [0.25, 0.3) is 0 Å². The van der Waals surface area contributed by atoms with E-state index in [2.05, 4.69) is 0 Å². The molecule has 0 bridgehead atoms. The van der Waals surface area contributed by atoms with Crippen molar-refractivity contribution >= 4 is 6.09 Å². The van der Waals surface area contributed by atoms with Crippen LogP contribution >= 0.6 is 0 Å². The highest BCUT2D eigenvalue weighted by Crippen LogP contribution is 2.24. The van der Waals surface area contributed by atoms with Crippen LogP contribution in [0.5, 0.6) is 0 Å². The zero-order chi connectivity index (χ0) is 16.2. The Morgan fingerprint density at radius 3 is 2.59 bits per heavy atom. The van der Waals surface area contributed by atoms with Crippen LogP contribution in [0.2, 0.25) is 0 Å². The van der Waals surface area contributed by atoms with Gasteiger partial charge < -0.3 is 9.64 Å². The van der Waals surface area contributed by atoms with Gasteiger partial charge in [-0.05, 0) is 70.1 Å². The summed E-state index contributed by atoms with van der Waals surface area (Å²) in [6.45, 7) is 7.16. The molecule has 0 aliphatic carbocycles. The molecule has 0 unspecified atom stereocenters. The number of hydrogen-bond acceptors (Lipinski definition) is 2. The molecule has 122 valence electrons. The average Bonchev–Trinajstić information content (AvgIpc) is 2.44. The number of amides is 1. The molecule has 0 N–H and O–H groups in total. The van der Waals surface area contributed by atoms with Gasteiger partial charge in [-0.25, -0.2) is 9.18 Å². The molecule has 2 rings (SSSR count). The fourth-order valence-electron chi connectivity index (χ4n) is 2.79. The molecular weight excluding hydrogens is 281 g/mol. The van der Waals surface area contributed by atoms with Gasteiger partial charge in [-0.15, -0.1) is 0 Å². The lowest BCUT2D eigenvalue weighted by atomic mass is 9.91. The molecule has 1 aliphatic heterocycles. The van der Waals surface area contributed by atoms with Crippen molar-refractivity contribution in [1.82, 2.24) is 4.90 Å². The van der Waals surface area contributed by atoms with E-state index >= 15 is 0 Å². The number of rotatable bonds is 3. The standard InChI is InChI=1S/C18H26FNO2/c1-18(2,3)22-17(21)20-11-9-14(10-12-20)7-8-15-5-4-6-16(19)13-15/h4-6,13-14H,7-12H2,1-3H3. The van der Waals surface area contributed by atoms with Crippen LogP contribution in [0.4, 0.5) is 9.18 Å². The molecule has 3 nitrogen and oxygen atoms in total. The number of halogens is 1. The van der Waals surface area contributed by atoms with E-state index in [1.165, 1.54) is 6.07 Å². The average molecular weight is 307 g/mol. The van der Waals surface area contributed by atoms with Gasteiger partial charge in [0.05, 0.1) is 0 Å². The third-order valence-electron chi connectivity index (χ3n) is 4.00. The smallest absolute Gasteiger partial charge is 0.410 e. The van der Waals surface area contributed by atoms with Crippen molar-refractivity contribution in [2.24, 2.45) is 5.92 Å². The summed E-state index contributed by atoms with van der Waals surface area (Å²) in [5, 5.41) is 0. The molecular formula is C18H26FNO2. The minimum atomic E-state index is -0.439. The molecule has 1 amide bonds. The van der Waals surface area contributed by atoms with Crippen LogP contribution < -0.4 is 0 Å². The Bertz CT molecular complexity index is 502. The van der Waals surface area contributed by atoms with Crippen molar-refractivity contribution in [2.75, 3.05) is 13.1 Å². The molecule has 1 fully saturated rings. The summed E-state index contributed by atoms with van der Waals surface area (Å²) in [6.07, 6.45) is 3.72. The summed E-state index contributed by atoms with van der Waals surface area (Å²) in [4.78, 5) is 13.8. The van der Waals surface area contributed by atoms with Gasteiger partial charge in [-0.2, -0.15) is 0 Å². The first-order valence-electron chi connectivity index (χ1n) is 8.06. The second-order valence-electron chi connectivity index (χ2n) is 7.08. The summed E-state index contributed by atoms with van der Waals surface area (Å²) >= 11 is 0. The summed E-state index contributed by atoms with van der Waals surface area (Å²) in [7, 11) is 0. The Morgan fingerprint density at radius 1 is 1.32 bits per heavy atom. The predicted octanol–water partition coefficient (Wildman–Crippen LogP) is 4.41. The number of aryl methyl sites for hydroxylation is 1. The van der Waals surface area contributed by atoms with Crippen molar-refractivity contribution in [1.29, 1.82) is 0 Å². The summed E-state index contributed by atoms with van der Waals surface area (Å²) in [5.41, 5.74) is 0.611. The first-order chi connectivity index (χ1) is 10.3. The van der Waals surface area contributed by atoms with Gasteiger partial charge in [0.15, 0.2) is 0 Å². The topological polar surface area (TPSA) is 29.5 Å². The Morgan fingerprint density at radius 2 is 2.00 bits per heavy atom. The van der Waals surface area contributed by atoms with E-state index in [4.69, 9.17) is 4.74 Å². The van der Waals surface area contributed by atoms with Crippen LogP contribution in [0.1, 0.15) is 45.6 Å². The highest BCUT2D eigenvalue weighted by Gasteiger charge is 2.26. The van der Waals surface area contributed by atoms with Gasteiger partial charge in [-0.3, -0.25) is 0 Å². The van der Waals surface area contributed by atoms with E-state index in [1.54, 1.807) is 17.0 Å². The van der Waals surface area contributed by atoms with Crippen molar-refractivity contribution in [3.05, 3.63) is 35.6 Å². The maximum atomic E-state index is 13.2. The van der Waals surface area contributed by atoms with Crippen molar-refractivity contribution < 1.29 is 13.9 Å². The minimum Gasteiger partial charge on any atom is -0.444 e. The zero-order valence-corrected chi connectivity index (χ0v) is 13.8. The van der Waals surface area contributed by atoms with Crippen LogP contribution in [0.25, 0.3) is 0 Å². The summed E-state index contributed by atoms with van der Waals surface area (Å²) in [6, 6.07) is 6.81. The summed E-state index contributed by atoms with van der Waals surface area (Å²) in [5.74, 6) is 0.430. The number of ether oxygens (including phenoxy) is 1. The number of nitrogens with zero attached hydrogens (tertiary/aromatic N) is 1. The SMILES string of the molecule is CC(C)(C)OC(=O)N1CCC(CCc2cccc(F)c2)CC1. The Balaban J connectivity index is 1.74. The molecule has 0 aromatic heterocycles. The lowest BCUT2D eigenvalue weighted by molar-refractivity contribution is 0.0181. The van der Waals surface area contributed by atoms with Gasteiger partial charge in [0, 0.05) is 13.1 Å². The second kappa shape index (κ2) is 7.12. The molecule has 0 spiro atoms. The molecule has 1 aliphatic rings. The van der Waals surface area contributed by atoms with Gasteiger partial charge >= 0.3 is 6.09 Å². The van der Waals surface area contributed by atoms with E-state index in [-0.39, 0.29) is 11.9 Å². The second-order valence-corrected chi connectivity index (χ2v) is 7.08. The third-order valence-corrected chi connectivity index (χ3v) is 4.00. The number of hydrogen-bond donors (Lipinski definition) is 0. The molecule has 1 aromatic carbocycles. The molecule has 1 saturated heterocycles. The van der Waals surface area contributed by atoms with E-state index < -0.39 is 5.60 Å². The number of benzene rings is 1. The lowest BCUT2D eigenvalue weighted by Gasteiger charge is -2.33. The maximum Gasteiger partial charge on any atom is 0.410 e. The fourth-order valence-corrected chi connectivity index (χ4v) is 2.79. The van der Waals surface area contributed by atoms with Gasteiger partial charge in [0.2, 0.25) is 0 Å². The van der Waals surface area contributed by atoms with Crippen molar-refractivity contribution in [3.63, 3.8) is 0 Å². The molecule has 0 atom stereocenters. The Hall–Kier alpha value is -1.58. The molecule has 1 heterocycles. The molecule has 22 heavy (non-hydrogen) atoms. The zero-order valence-electron chi connectivity index (χ0n) is 13.8. The minimum absolute atomic E-state index is 0.169. The van der Waals surface area contributed by atoms with E-state index in [0.29, 0.717) is 5.92 Å². The lowest BCUT2D eigenvalue weighted by Crippen LogP contribution is -2.41. The largest absolute Gasteiger partial charge is 0.444 e. The monoisotopic (exact) mass is 307 g/mol. The highest BCUT2D eigenvalue weighted by atomic mass is 19.1. The molecule has 0 radical (unpaired) electrons. The van der Waals surface area contributed by atoms with Gasteiger partial charge in [-0.1, -0.05) is 12.1 Å². The van der Waals surface area contributed by atoms with E-state index in [0.717, 1.165) is 44.3 Å². The van der Waals surface area contributed by atoms with Crippen molar-refractivity contribution in [3.8, 4) is 0 Å². The van der Waals surface area contributed by atoms with E-state index in [9.17, 15) is 9.18 Å². The molecule has 1 aromatic rings. The molecule has 0 saturated carbocycles. The molecule has 4 heteroatoms. The first-order valence-corrected chi connectivity index (χ1v) is 8.06. The number of likely N-dealkylation sites (tertiary alicyclic amines) is 1. The normalized spacial score (nSPS) is 16.6. The summed E-state index contributed by atoms with van der Waals surface area (Å²) < 4.78 is 18.6. The predicted molar refractivity (Wildman–Crippen MR) is 85.3 cm³/mol. The van der Waals surface area contributed by atoms with Crippen LogP contribution in [0.15, 0.2) is 24.3 Å². The van der Waals surface area contributed by atoms with Crippen LogP contribution in [0, 0.1) is 11.7 Å².